The minimum atomic E-state index is -0.626. The number of hydrogen-bond acceptors (Lipinski definition) is 5. The SMILES string of the molecule is O=C(NC(CO)c1ccco1)c1cc(-c2ccccc2)on1. The van der Waals surface area contributed by atoms with Crippen LogP contribution in [0.1, 0.15) is 22.3 Å². The summed E-state index contributed by atoms with van der Waals surface area (Å²) in [6, 6.07) is 13.7. The van der Waals surface area contributed by atoms with Gasteiger partial charge in [-0.25, -0.2) is 0 Å². The van der Waals surface area contributed by atoms with Gasteiger partial charge < -0.3 is 19.4 Å². The molecule has 2 heterocycles. The van der Waals surface area contributed by atoms with Gasteiger partial charge in [0.2, 0.25) is 0 Å². The maximum atomic E-state index is 12.2. The van der Waals surface area contributed by atoms with Crippen molar-refractivity contribution in [2.75, 3.05) is 6.61 Å². The number of furan rings is 1. The Hall–Kier alpha value is -2.86. The Labute approximate surface area is 126 Å². The van der Waals surface area contributed by atoms with Crippen LogP contribution in [0.25, 0.3) is 11.3 Å². The zero-order valence-electron chi connectivity index (χ0n) is 11.6. The van der Waals surface area contributed by atoms with Gasteiger partial charge in [-0.3, -0.25) is 4.79 Å². The summed E-state index contributed by atoms with van der Waals surface area (Å²) in [4.78, 5) is 12.2. The number of amides is 1. The summed E-state index contributed by atoms with van der Waals surface area (Å²) >= 11 is 0. The Balaban J connectivity index is 1.74. The van der Waals surface area contributed by atoms with E-state index in [1.165, 1.54) is 6.26 Å². The van der Waals surface area contributed by atoms with Crippen molar-refractivity contribution in [1.82, 2.24) is 10.5 Å². The molecule has 3 rings (SSSR count). The number of nitrogens with one attached hydrogen (secondary N) is 1. The number of aromatic nitrogens is 1. The second kappa shape index (κ2) is 6.28. The molecular weight excluding hydrogens is 284 g/mol. The van der Waals surface area contributed by atoms with Crippen LogP contribution < -0.4 is 5.32 Å². The van der Waals surface area contributed by atoms with Crippen LogP contribution in [-0.4, -0.2) is 22.8 Å². The Morgan fingerprint density at radius 2 is 2.05 bits per heavy atom. The largest absolute Gasteiger partial charge is 0.467 e. The third-order valence-corrected chi connectivity index (χ3v) is 3.18. The molecule has 0 radical (unpaired) electrons. The van der Waals surface area contributed by atoms with Crippen molar-refractivity contribution >= 4 is 5.91 Å². The second-order valence-corrected chi connectivity index (χ2v) is 4.67. The molecule has 0 saturated heterocycles. The van der Waals surface area contributed by atoms with Gasteiger partial charge in [-0.2, -0.15) is 0 Å². The van der Waals surface area contributed by atoms with Crippen LogP contribution in [0, 0.1) is 0 Å². The number of hydrogen-bond donors (Lipinski definition) is 2. The number of aliphatic hydroxyl groups is 1. The Kier molecular flexibility index (Phi) is 4.02. The van der Waals surface area contributed by atoms with E-state index in [4.69, 9.17) is 8.94 Å². The molecule has 1 unspecified atom stereocenters. The summed E-state index contributed by atoms with van der Waals surface area (Å²) in [7, 11) is 0. The molecule has 1 aromatic carbocycles. The molecule has 0 saturated carbocycles. The molecule has 0 fully saturated rings. The minimum Gasteiger partial charge on any atom is -0.467 e. The van der Waals surface area contributed by atoms with Gasteiger partial charge in [0.1, 0.15) is 11.8 Å². The molecule has 2 N–H and O–H groups in total. The van der Waals surface area contributed by atoms with Crippen molar-refractivity contribution in [2.45, 2.75) is 6.04 Å². The van der Waals surface area contributed by atoms with E-state index in [1.807, 2.05) is 30.3 Å². The number of nitrogens with zero attached hydrogens (tertiary/aromatic N) is 1. The first kappa shape index (κ1) is 14.1. The summed E-state index contributed by atoms with van der Waals surface area (Å²) in [5.41, 5.74) is 0.975. The standard InChI is InChI=1S/C16H14N2O4/c19-10-13(14-7-4-8-21-14)17-16(20)12-9-15(22-18-12)11-5-2-1-3-6-11/h1-9,13,19H,10H2,(H,17,20). The van der Waals surface area contributed by atoms with E-state index in [-0.39, 0.29) is 12.3 Å². The maximum absolute atomic E-state index is 12.2. The Morgan fingerprint density at radius 3 is 2.73 bits per heavy atom. The highest BCUT2D eigenvalue weighted by atomic mass is 16.5. The third-order valence-electron chi connectivity index (χ3n) is 3.18. The van der Waals surface area contributed by atoms with E-state index in [0.29, 0.717) is 11.5 Å². The fourth-order valence-corrected chi connectivity index (χ4v) is 2.05. The van der Waals surface area contributed by atoms with Gasteiger partial charge in [-0.15, -0.1) is 0 Å². The van der Waals surface area contributed by atoms with Gasteiger partial charge in [0.15, 0.2) is 11.5 Å². The summed E-state index contributed by atoms with van der Waals surface area (Å²) in [6.45, 7) is -0.275. The van der Waals surface area contributed by atoms with E-state index < -0.39 is 11.9 Å². The van der Waals surface area contributed by atoms with E-state index in [9.17, 15) is 9.90 Å². The number of carbonyl (C=O) groups is 1. The third kappa shape index (κ3) is 2.91. The van der Waals surface area contributed by atoms with E-state index in [1.54, 1.807) is 18.2 Å². The first-order valence-corrected chi connectivity index (χ1v) is 6.75. The molecule has 112 valence electrons. The lowest BCUT2D eigenvalue weighted by Gasteiger charge is -2.12. The zero-order chi connectivity index (χ0) is 15.4. The van der Waals surface area contributed by atoms with Gasteiger partial charge in [0.25, 0.3) is 5.91 Å². The van der Waals surface area contributed by atoms with Gasteiger partial charge in [0, 0.05) is 11.6 Å². The summed E-state index contributed by atoms with van der Waals surface area (Å²) in [6.07, 6.45) is 1.48. The summed E-state index contributed by atoms with van der Waals surface area (Å²) in [5, 5.41) is 15.8. The molecule has 2 aromatic heterocycles. The first-order valence-electron chi connectivity index (χ1n) is 6.75. The molecular formula is C16H14N2O4. The van der Waals surface area contributed by atoms with Crippen LogP contribution in [0.2, 0.25) is 0 Å². The number of benzene rings is 1. The van der Waals surface area contributed by atoms with Gasteiger partial charge in [-0.05, 0) is 12.1 Å². The molecule has 0 aliphatic carbocycles. The number of aliphatic hydroxyl groups excluding tert-OH is 1. The van der Waals surface area contributed by atoms with Crippen molar-refractivity contribution in [1.29, 1.82) is 0 Å². The highest BCUT2D eigenvalue weighted by molar-refractivity contribution is 5.93. The van der Waals surface area contributed by atoms with Gasteiger partial charge in [0.05, 0.1) is 12.9 Å². The molecule has 0 aliphatic rings. The lowest BCUT2D eigenvalue weighted by molar-refractivity contribution is 0.0898. The van der Waals surface area contributed by atoms with Gasteiger partial charge >= 0.3 is 0 Å². The molecule has 0 bridgehead atoms. The number of carbonyl (C=O) groups excluding carboxylic acids is 1. The smallest absolute Gasteiger partial charge is 0.274 e. The Bertz CT molecular complexity index is 735. The lowest BCUT2D eigenvalue weighted by atomic mass is 10.1. The monoisotopic (exact) mass is 298 g/mol. The van der Waals surface area contributed by atoms with Crippen LogP contribution in [0.4, 0.5) is 0 Å². The minimum absolute atomic E-state index is 0.142. The van der Waals surface area contributed by atoms with Crippen LogP contribution in [-0.2, 0) is 0 Å². The molecule has 3 aromatic rings. The molecule has 0 aliphatic heterocycles. The van der Waals surface area contributed by atoms with Crippen molar-refractivity contribution in [2.24, 2.45) is 0 Å². The fraction of sp³-hybridized carbons (Fsp3) is 0.125. The van der Waals surface area contributed by atoms with Crippen molar-refractivity contribution in [3.8, 4) is 11.3 Å². The molecule has 6 nitrogen and oxygen atoms in total. The fourth-order valence-electron chi connectivity index (χ4n) is 2.05. The van der Waals surface area contributed by atoms with Crippen molar-refractivity contribution in [3.63, 3.8) is 0 Å². The average molecular weight is 298 g/mol. The molecule has 1 amide bonds. The summed E-state index contributed by atoms with van der Waals surface area (Å²) < 4.78 is 10.4. The van der Waals surface area contributed by atoms with Crippen molar-refractivity contribution < 1.29 is 18.8 Å². The van der Waals surface area contributed by atoms with Crippen LogP contribution in [0.3, 0.4) is 0 Å². The predicted octanol–water partition coefficient (Wildman–Crippen LogP) is 2.40. The van der Waals surface area contributed by atoms with E-state index in [0.717, 1.165) is 5.56 Å². The first-order chi connectivity index (χ1) is 10.8. The molecule has 22 heavy (non-hydrogen) atoms. The predicted molar refractivity (Wildman–Crippen MR) is 77.9 cm³/mol. The second-order valence-electron chi connectivity index (χ2n) is 4.67. The quantitative estimate of drug-likeness (QED) is 0.755. The molecule has 1 atom stereocenters. The molecule has 6 heteroatoms. The van der Waals surface area contributed by atoms with E-state index >= 15 is 0 Å². The van der Waals surface area contributed by atoms with Gasteiger partial charge in [-0.1, -0.05) is 35.5 Å². The maximum Gasteiger partial charge on any atom is 0.274 e. The molecule has 0 spiro atoms. The van der Waals surface area contributed by atoms with Crippen molar-refractivity contribution in [3.05, 3.63) is 66.2 Å². The highest BCUT2D eigenvalue weighted by Gasteiger charge is 2.20. The van der Waals surface area contributed by atoms with Crippen LogP contribution >= 0.6 is 0 Å². The highest BCUT2D eigenvalue weighted by Crippen LogP contribution is 2.20. The lowest BCUT2D eigenvalue weighted by Crippen LogP contribution is -2.30. The number of rotatable bonds is 5. The average Bonchev–Trinajstić information content (AvgIpc) is 3.24. The topological polar surface area (TPSA) is 88.5 Å². The normalized spacial score (nSPS) is 12.0. The Morgan fingerprint density at radius 1 is 1.23 bits per heavy atom. The van der Waals surface area contributed by atoms with E-state index in [2.05, 4.69) is 10.5 Å². The van der Waals surface area contributed by atoms with Crippen LogP contribution in [0.15, 0.2) is 63.7 Å². The zero-order valence-corrected chi connectivity index (χ0v) is 11.6. The summed E-state index contributed by atoms with van der Waals surface area (Å²) in [5.74, 6) is 0.535. The van der Waals surface area contributed by atoms with Crippen LogP contribution in [0.5, 0.6) is 0 Å².